The minimum atomic E-state index is -0.0481. The summed E-state index contributed by atoms with van der Waals surface area (Å²) in [5.74, 6) is 0.388. The zero-order valence-electron chi connectivity index (χ0n) is 5.40. The van der Waals surface area contributed by atoms with E-state index in [0.717, 1.165) is 6.42 Å². The predicted octanol–water partition coefficient (Wildman–Crippen LogP) is 2.88. The van der Waals surface area contributed by atoms with Gasteiger partial charge in [-0.15, -0.1) is 11.6 Å². The van der Waals surface area contributed by atoms with E-state index < -0.39 is 0 Å². The van der Waals surface area contributed by atoms with Gasteiger partial charge in [0.05, 0.1) is 5.83 Å². The molecule has 0 bridgehead atoms. The fourth-order valence-corrected chi connectivity index (χ4v) is 1.18. The molecule has 52 valence electrons. The Morgan fingerprint density at radius 3 is 2.89 bits per heavy atom. The largest absolute Gasteiger partial charge is 0.212 e. The second kappa shape index (κ2) is 2.70. The second-order valence-electron chi connectivity index (χ2n) is 2.58. The lowest BCUT2D eigenvalue weighted by molar-refractivity contribution is 0.458. The first-order chi connectivity index (χ1) is 4.20. The normalized spacial score (nSPS) is 36.1. The lowest BCUT2D eigenvalue weighted by atomic mass is 9.95. The van der Waals surface area contributed by atoms with Crippen LogP contribution in [0.5, 0.6) is 0 Å². The molecule has 0 aromatic carbocycles. The van der Waals surface area contributed by atoms with Crippen molar-refractivity contribution >= 4 is 11.6 Å². The van der Waals surface area contributed by atoms with Crippen molar-refractivity contribution < 1.29 is 4.39 Å². The van der Waals surface area contributed by atoms with Gasteiger partial charge in [0.15, 0.2) is 0 Å². The number of allylic oxidation sites excluding steroid dienone is 2. The third kappa shape index (κ3) is 1.68. The van der Waals surface area contributed by atoms with Crippen LogP contribution in [0.25, 0.3) is 0 Å². The molecule has 1 aliphatic carbocycles. The summed E-state index contributed by atoms with van der Waals surface area (Å²) >= 11 is 5.78. The maximum Gasteiger partial charge on any atom is 0.0974 e. The molecule has 2 unspecified atom stereocenters. The van der Waals surface area contributed by atoms with Crippen LogP contribution in [0.2, 0.25) is 0 Å². The zero-order valence-corrected chi connectivity index (χ0v) is 6.16. The molecule has 0 nitrogen and oxygen atoms in total. The summed E-state index contributed by atoms with van der Waals surface area (Å²) in [5.41, 5.74) is 0. The summed E-state index contributed by atoms with van der Waals surface area (Å²) in [6, 6.07) is 0. The van der Waals surface area contributed by atoms with Crippen molar-refractivity contribution in [2.45, 2.75) is 25.1 Å². The van der Waals surface area contributed by atoms with Crippen LogP contribution < -0.4 is 0 Å². The maximum absolute atomic E-state index is 12.4. The molecule has 0 aromatic heterocycles. The van der Waals surface area contributed by atoms with Gasteiger partial charge >= 0.3 is 0 Å². The molecule has 9 heavy (non-hydrogen) atoms. The molecule has 0 aliphatic heterocycles. The summed E-state index contributed by atoms with van der Waals surface area (Å²) in [7, 11) is 0. The molecule has 0 saturated heterocycles. The Morgan fingerprint density at radius 1 is 1.78 bits per heavy atom. The summed E-state index contributed by atoms with van der Waals surface area (Å²) in [6.45, 7) is 2.04. The van der Waals surface area contributed by atoms with Crippen molar-refractivity contribution in [3.63, 3.8) is 0 Å². The number of hydrogen-bond donors (Lipinski definition) is 0. The van der Waals surface area contributed by atoms with E-state index in [1.165, 1.54) is 0 Å². The quantitative estimate of drug-likeness (QED) is 0.464. The molecular weight excluding hydrogens is 139 g/mol. The Labute approximate surface area is 59.7 Å². The molecule has 1 rings (SSSR count). The number of halogens is 2. The van der Waals surface area contributed by atoms with E-state index in [0.29, 0.717) is 12.3 Å². The van der Waals surface area contributed by atoms with Gasteiger partial charge in [-0.25, -0.2) is 4.39 Å². The molecular formula is C7H10ClF. The van der Waals surface area contributed by atoms with E-state index in [1.54, 1.807) is 6.08 Å². The molecule has 0 fully saturated rings. The number of hydrogen-bond acceptors (Lipinski definition) is 0. The molecule has 1 aliphatic rings. The van der Waals surface area contributed by atoms with Crippen LogP contribution in [0.3, 0.4) is 0 Å². The highest BCUT2D eigenvalue weighted by molar-refractivity contribution is 6.21. The minimum absolute atomic E-state index is 0.00926. The second-order valence-corrected chi connectivity index (χ2v) is 3.14. The van der Waals surface area contributed by atoms with Crippen molar-refractivity contribution in [1.29, 1.82) is 0 Å². The van der Waals surface area contributed by atoms with Crippen LogP contribution in [-0.2, 0) is 0 Å². The molecule has 0 aromatic rings. The van der Waals surface area contributed by atoms with Gasteiger partial charge < -0.3 is 0 Å². The minimum Gasteiger partial charge on any atom is -0.212 e. The van der Waals surface area contributed by atoms with Gasteiger partial charge in [-0.2, -0.15) is 0 Å². The van der Waals surface area contributed by atoms with Gasteiger partial charge in [0.1, 0.15) is 0 Å². The van der Waals surface area contributed by atoms with E-state index >= 15 is 0 Å². The first kappa shape index (κ1) is 7.07. The lowest BCUT2D eigenvalue weighted by Crippen LogP contribution is -2.14. The van der Waals surface area contributed by atoms with Crippen LogP contribution in [0.15, 0.2) is 11.9 Å². The fraction of sp³-hybridized carbons (Fsp3) is 0.714. The van der Waals surface area contributed by atoms with Crippen LogP contribution in [-0.4, -0.2) is 5.38 Å². The van der Waals surface area contributed by atoms with Gasteiger partial charge in [-0.1, -0.05) is 13.0 Å². The molecule has 2 atom stereocenters. The van der Waals surface area contributed by atoms with E-state index in [4.69, 9.17) is 11.6 Å². The molecule has 0 saturated carbocycles. The van der Waals surface area contributed by atoms with Crippen molar-refractivity contribution in [3.05, 3.63) is 11.9 Å². The monoisotopic (exact) mass is 148 g/mol. The molecule has 0 radical (unpaired) electrons. The summed E-state index contributed by atoms with van der Waals surface area (Å²) in [6.07, 6.45) is 2.84. The summed E-state index contributed by atoms with van der Waals surface area (Å²) in [4.78, 5) is 0. The first-order valence-electron chi connectivity index (χ1n) is 3.18. The highest BCUT2D eigenvalue weighted by Gasteiger charge is 2.19. The van der Waals surface area contributed by atoms with Crippen LogP contribution in [0, 0.1) is 5.92 Å². The van der Waals surface area contributed by atoms with Gasteiger partial charge in [-0.05, 0) is 12.3 Å². The number of rotatable bonds is 0. The van der Waals surface area contributed by atoms with Crippen LogP contribution in [0.4, 0.5) is 4.39 Å². The molecule has 0 heterocycles. The highest BCUT2D eigenvalue weighted by Crippen LogP contribution is 2.28. The van der Waals surface area contributed by atoms with Crippen LogP contribution >= 0.6 is 11.6 Å². The fourth-order valence-electron chi connectivity index (χ4n) is 0.932. The van der Waals surface area contributed by atoms with Gasteiger partial charge in [0, 0.05) is 11.8 Å². The van der Waals surface area contributed by atoms with E-state index in [-0.39, 0.29) is 11.2 Å². The van der Waals surface area contributed by atoms with Crippen molar-refractivity contribution in [3.8, 4) is 0 Å². The molecule has 0 N–H and O–H groups in total. The lowest BCUT2D eigenvalue weighted by Gasteiger charge is -2.19. The third-order valence-electron chi connectivity index (χ3n) is 1.72. The third-order valence-corrected chi connectivity index (χ3v) is 2.30. The molecule has 0 spiro atoms. The highest BCUT2D eigenvalue weighted by atomic mass is 35.5. The van der Waals surface area contributed by atoms with Gasteiger partial charge in [-0.3, -0.25) is 0 Å². The first-order valence-corrected chi connectivity index (χ1v) is 3.62. The molecule has 2 heteroatoms. The van der Waals surface area contributed by atoms with Crippen LogP contribution in [0.1, 0.15) is 19.8 Å². The van der Waals surface area contributed by atoms with Gasteiger partial charge in [0.25, 0.3) is 0 Å². The number of alkyl halides is 1. The Kier molecular flexibility index (Phi) is 2.12. The average Bonchev–Trinajstić information content (AvgIpc) is 1.80. The average molecular weight is 149 g/mol. The smallest absolute Gasteiger partial charge is 0.0974 e. The Balaban J connectivity index is 2.54. The maximum atomic E-state index is 12.4. The standard InChI is InChI=1S/C7H10ClF/c1-5-2-3-6(9)4-7(5)8/h3,5,7H,2,4H2,1H3. The SMILES string of the molecule is CC1CC=C(F)CC1Cl. The van der Waals surface area contributed by atoms with E-state index in [2.05, 4.69) is 0 Å². The summed E-state index contributed by atoms with van der Waals surface area (Å²) in [5, 5.41) is 0.00926. The Bertz CT molecular complexity index is 131. The predicted molar refractivity (Wildman–Crippen MR) is 37.2 cm³/mol. The summed E-state index contributed by atoms with van der Waals surface area (Å²) < 4.78 is 12.4. The van der Waals surface area contributed by atoms with E-state index in [9.17, 15) is 4.39 Å². The Morgan fingerprint density at radius 2 is 2.44 bits per heavy atom. The van der Waals surface area contributed by atoms with Gasteiger partial charge in [0.2, 0.25) is 0 Å². The zero-order chi connectivity index (χ0) is 6.85. The molecule has 0 amide bonds. The van der Waals surface area contributed by atoms with Crippen molar-refractivity contribution in [2.24, 2.45) is 5.92 Å². The van der Waals surface area contributed by atoms with E-state index in [1.807, 2.05) is 6.92 Å². The topological polar surface area (TPSA) is 0 Å². The Hall–Kier alpha value is -0.0400. The van der Waals surface area contributed by atoms with Crippen molar-refractivity contribution in [2.75, 3.05) is 0 Å². The van der Waals surface area contributed by atoms with Crippen molar-refractivity contribution in [1.82, 2.24) is 0 Å².